The van der Waals surface area contributed by atoms with Crippen molar-refractivity contribution in [1.82, 2.24) is 4.98 Å². The minimum Gasteiger partial charge on any atom is -0.302 e. The lowest BCUT2D eigenvalue weighted by atomic mass is 9.90. The van der Waals surface area contributed by atoms with E-state index in [1.807, 2.05) is 57.2 Å². The van der Waals surface area contributed by atoms with Gasteiger partial charge in [-0.2, -0.15) is 0 Å². The van der Waals surface area contributed by atoms with Gasteiger partial charge < -0.3 is 10.6 Å². The molecule has 0 bridgehead atoms. The van der Waals surface area contributed by atoms with Crippen LogP contribution in [0.15, 0.2) is 53.7 Å². The zero-order valence-corrected chi connectivity index (χ0v) is 15.1. The molecule has 0 saturated carbocycles. The molecular formula is C20H22N4O2. The molecule has 134 valence electrons. The van der Waals surface area contributed by atoms with Crippen molar-refractivity contribution in [2.45, 2.75) is 26.9 Å². The second kappa shape index (κ2) is 6.80. The topological polar surface area (TPSA) is 88.7 Å². The number of rotatable bonds is 3. The highest BCUT2D eigenvalue weighted by atomic mass is 16.2. The number of hydrogen-bond donors (Lipinski definition) is 1. The van der Waals surface area contributed by atoms with Crippen LogP contribution >= 0.6 is 0 Å². The van der Waals surface area contributed by atoms with Crippen molar-refractivity contribution in [2.75, 3.05) is 11.4 Å². The van der Waals surface area contributed by atoms with E-state index in [2.05, 4.69) is 9.98 Å². The smallest absolute Gasteiger partial charge is 0.266 e. The fourth-order valence-corrected chi connectivity index (χ4v) is 2.70. The van der Waals surface area contributed by atoms with E-state index in [-0.39, 0.29) is 12.3 Å². The second-order valence-corrected chi connectivity index (χ2v) is 7.25. The van der Waals surface area contributed by atoms with Crippen molar-refractivity contribution in [3.63, 3.8) is 0 Å². The first-order valence-electron chi connectivity index (χ1n) is 8.48. The Morgan fingerprint density at radius 2 is 1.85 bits per heavy atom. The number of para-hydroxylation sites is 1. The van der Waals surface area contributed by atoms with Gasteiger partial charge in [-0.3, -0.25) is 19.6 Å². The van der Waals surface area contributed by atoms with E-state index in [4.69, 9.17) is 5.73 Å². The number of ketones is 1. The first-order chi connectivity index (χ1) is 12.3. The molecule has 1 unspecified atom stereocenters. The molecule has 6 heteroatoms. The summed E-state index contributed by atoms with van der Waals surface area (Å²) in [5.41, 5.74) is 8.01. The fraction of sp³-hybridized carbons (Fsp3) is 0.300. The summed E-state index contributed by atoms with van der Waals surface area (Å²) >= 11 is 0. The van der Waals surface area contributed by atoms with Crippen LogP contribution in [0.5, 0.6) is 0 Å². The van der Waals surface area contributed by atoms with Crippen LogP contribution in [0.1, 0.15) is 32.0 Å². The zero-order chi connectivity index (χ0) is 18.9. The summed E-state index contributed by atoms with van der Waals surface area (Å²) in [7, 11) is 0. The number of pyridine rings is 1. The molecule has 0 aliphatic carbocycles. The number of fused-ring (bicyclic) bond motifs is 1. The van der Waals surface area contributed by atoms with Gasteiger partial charge in [0, 0.05) is 17.2 Å². The maximum atomic E-state index is 12.9. The number of amides is 1. The van der Waals surface area contributed by atoms with Crippen LogP contribution in [0.3, 0.4) is 0 Å². The number of aromatic nitrogens is 1. The highest BCUT2D eigenvalue weighted by Gasteiger charge is 2.33. The molecule has 3 rings (SSSR count). The Labute approximate surface area is 152 Å². The predicted molar refractivity (Wildman–Crippen MR) is 101 cm³/mol. The minimum atomic E-state index is -1.09. The minimum absolute atomic E-state index is 0.0436. The number of aliphatic imine (C=N–C) groups is 1. The van der Waals surface area contributed by atoms with Gasteiger partial charge >= 0.3 is 0 Å². The maximum absolute atomic E-state index is 12.9. The number of nitrogens with two attached hydrogens (primary N) is 1. The van der Waals surface area contributed by atoms with Crippen molar-refractivity contribution in [2.24, 2.45) is 16.1 Å². The molecule has 1 aromatic carbocycles. The van der Waals surface area contributed by atoms with Crippen LogP contribution in [0, 0.1) is 5.41 Å². The quantitative estimate of drug-likeness (QED) is 0.919. The Bertz CT molecular complexity index is 869. The Balaban J connectivity index is 2.12. The van der Waals surface area contributed by atoms with E-state index in [1.165, 1.54) is 4.90 Å². The molecule has 2 heterocycles. The molecule has 1 amide bonds. The summed E-state index contributed by atoms with van der Waals surface area (Å²) in [4.78, 5) is 35.6. The van der Waals surface area contributed by atoms with Gasteiger partial charge in [-0.1, -0.05) is 45.0 Å². The van der Waals surface area contributed by atoms with Crippen molar-refractivity contribution >= 4 is 23.1 Å². The molecule has 0 radical (unpaired) electrons. The summed E-state index contributed by atoms with van der Waals surface area (Å²) in [6, 6.07) is 12.8. The van der Waals surface area contributed by atoms with Crippen LogP contribution < -0.4 is 10.6 Å². The van der Waals surface area contributed by atoms with Gasteiger partial charge in [0.2, 0.25) is 0 Å². The predicted octanol–water partition coefficient (Wildman–Crippen LogP) is 2.17. The van der Waals surface area contributed by atoms with Crippen molar-refractivity contribution in [1.29, 1.82) is 0 Å². The number of hydrogen-bond acceptors (Lipinski definition) is 5. The molecule has 2 aromatic rings. The molecule has 1 aromatic heterocycles. The molecule has 0 fully saturated rings. The standard InChI is InChI=1S/C20H22N4O2/c1-20(2,3)16(25)12-24-15-10-5-4-8-13(15)17(23-18(21)19(24)26)14-9-6-7-11-22-14/h4-11,18H,12,21H2,1-3H3. The number of anilines is 1. The molecule has 1 aliphatic heterocycles. The number of nitrogens with zero attached hydrogens (tertiary/aromatic N) is 3. The molecule has 1 aliphatic rings. The third-order valence-electron chi connectivity index (χ3n) is 4.28. The SMILES string of the molecule is CC(C)(C)C(=O)CN1C(=O)C(N)N=C(c2ccccn2)c2ccccc21. The normalized spacial score (nSPS) is 17.4. The van der Waals surface area contributed by atoms with Gasteiger partial charge in [-0.25, -0.2) is 0 Å². The van der Waals surface area contributed by atoms with E-state index < -0.39 is 17.5 Å². The van der Waals surface area contributed by atoms with E-state index >= 15 is 0 Å². The van der Waals surface area contributed by atoms with Crippen LogP contribution in [0.2, 0.25) is 0 Å². The first kappa shape index (κ1) is 17.9. The summed E-state index contributed by atoms with van der Waals surface area (Å²) in [6.45, 7) is 5.45. The van der Waals surface area contributed by atoms with E-state index in [0.29, 0.717) is 17.1 Å². The Kier molecular flexibility index (Phi) is 4.70. The maximum Gasteiger partial charge on any atom is 0.266 e. The number of benzodiazepines with no additional fused rings is 1. The highest BCUT2D eigenvalue weighted by molar-refractivity contribution is 6.20. The number of Topliss-reactive ketones (excluding diaryl/α,β-unsaturated/α-hetero) is 1. The number of carbonyl (C=O) groups excluding carboxylic acids is 2. The largest absolute Gasteiger partial charge is 0.302 e. The lowest BCUT2D eigenvalue weighted by Crippen LogP contribution is -2.46. The van der Waals surface area contributed by atoms with E-state index in [0.717, 1.165) is 5.56 Å². The third-order valence-corrected chi connectivity index (χ3v) is 4.28. The monoisotopic (exact) mass is 350 g/mol. The van der Waals surface area contributed by atoms with E-state index in [1.54, 1.807) is 12.3 Å². The number of benzene rings is 1. The summed E-state index contributed by atoms with van der Waals surface area (Å²) in [5.74, 6) is -0.449. The summed E-state index contributed by atoms with van der Waals surface area (Å²) < 4.78 is 0. The van der Waals surface area contributed by atoms with Crippen LogP contribution in [-0.2, 0) is 9.59 Å². The molecule has 1 atom stereocenters. The van der Waals surface area contributed by atoms with Crippen molar-refractivity contribution in [3.05, 3.63) is 59.9 Å². The molecule has 26 heavy (non-hydrogen) atoms. The molecule has 2 N–H and O–H groups in total. The Morgan fingerprint density at radius 3 is 2.50 bits per heavy atom. The molecule has 0 spiro atoms. The van der Waals surface area contributed by atoms with Crippen LogP contribution in [0.4, 0.5) is 5.69 Å². The Hall–Kier alpha value is -2.86. The van der Waals surface area contributed by atoms with E-state index in [9.17, 15) is 9.59 Å². The average Bonchev–Trinajstić information content (AvgIpc) is 2.72. The molecular weight excluding hydrogens is 328 g/mol. The van der Waals surface area contributed by atoms with Crippen LogP contribution in [-0.4, -0.2) is 35.1 Å². The van der Waals surface area contributed by atoms with Gasteiger partial charge in [0.15, 0.2) is 11.9 Å². The number of carbonyl (C=O) groups is 2. The lowest BCUT2D eigenvalue weighted by Gasteiger charge is -2.27. The average molecular weight is 350 g/mol. The van der Waals surface area contributed by atoms with Crippen molar-refractivity contribution < 1.29 is 9.59 Å². The van der Waals surface area contributed by atoms with Gasteiger partial charge in [0.25, 0.3) is 5.91 Å². The second-order valence-electron chi connectivity index (χ2n) is 7.25. The van der Waals surface area contributed by atoms with Gasteiger partial charge in [0.05, 0.1) is 23.6 Å². The highest BCUT2D eigenvalue weighted by Crippen LogP contribution is 2.28. The lowest BCUT2D eigenvalue weighted by molar-refractivity contribution is -0.127. The van der Waals surface area contributed by atoms with Gasteiger partial charge in [0.1, 0.15) is 0 Å². The first-order valence-corrected chi connectivity index (χ1v) is 8.48. The van der Waals surface area contributed by atoms with Gasteiger partial charge in [-0.15, -0.1) is 0 Å². The van der Waals surface area contributed by atoms with Crippen molar-refractivity contribution in [3.8, 4) is 0 Å². The molecule has 0 saturated heterocycles. The zero-order valence-electron chi connectivity index (χ0n) is 15.1. The molecule has 6 nitrogen and oxygen atoms in total. The Morgan fingerprint density at radius 1 is 1.15 bits per heavy atom. The van der Waals surface area contributed by atoms with Crippen LogP contribution in [0.25, 0.3) is 0 Å². The fourth-order valence-electron chi connectivity index (χ4n) is 2.70. The third kappa shape index (κ3) is 3.41. The van der Waals surface area contributed by atoms with Gasteiger partial charge in [-0.05, 0) is 18.2 Å². The summed E-state index contributed by atoms with van der Waals surface area (Å²) in [5, 5.41) is 0. The summed E-state index contributed by atoms with van der Waals surface area (Å²) in [6.07, 6.45) is 0.576.